The van der Waals surface area contributed by atoms with Crippen LogP contribution in [0.2, 0.25) is 0 Å². The lowest BCUT2D eigenvalue weighted by molar-refractivity contribution is -0.163. The van der Waals surface area contributed by atoms with Crippen molar-refractivity contribution in [3.63, 3.8) is 0 Å². The third-order valence-corrected chi connectivity index (χ3v) is 9.63. The zero-order valence-corrected chi connectivity index (χ0v) is 26.0. The number of nitrogens with zero attached hydrogens (tertiary/aromatic N) is 2. The van der Waals surface area contributed by atoms with E-state index in [0.29, 0.717) is 44.2 Å². The van der Waals surface area contributed by atoms with Crippen LogP contribution >= 0.6 is 12.4 Å². The van der Waals surface area contributed by atoms with Gasteiger partial charge in [-0.2, -0.15) is 0 Å². The number of piperidine rings is 1. The summed E-state index contributed by atoms with van der Waals surface area (Å²) in [5.41, 5.74) is 2.04. The summed E-state index contributed by atoms with van der Waals surface area (Å²) >= 11 is 0. The van der Waals surface area contributed by atoms with Crippen LogP contribution in [0.15, 0.2) is 48.5 Å². The van der Waals surface area contributed by atoms with Gasteiger partial charge in [0.15, 0.2) is 0 Å². The molecule has 8 nitrogen and oxygen atoms in total. The molecule has 0 bridgehead atoms. The minimum absolute atomic E-state index is 0. The quantitative estimate of drug-likeness (QED) is 0.351. The molecule has 2 amide bonds. The fourth-order valence-corrected chi connectivity index (χ4v) is 7.05. The molecule has 1 saturated carbocycles. The van der Waals surface area contributed by atoms with Gasteiger partial charge >= 0.3 is 5.97 Å². The van der Waals surface area contributed by atoms with Gasteiger partial charge in [0.2, 0.25) is 11.8 Å². The predicted molar refractivity (Wildman–Crippen MR) is 168 cm³/mol. The molecule has 234 valence electrons. The van der Waals surface area contributed by atoms with E-state index in [9.17, 15) is 19.5 Å². The molecule has 5 rings (SSSR count). The van der Waals surface area contributed by atoms with Gasteiger partial charge in [0.05, 0.1) is 11.2 Å². The summed E-state index contributed by atoms with van der Waals surface area (Å²) < 4.78 is 0. The molecule has 2 aliphatic heterocycles. The average Bonchev–Trinajstić information content (AvgIpc) is 2.98. The first-order valence-corrected chi connectivity index (χ1v) is 15.7. The van der Waals surface area contributed by atoms with Crippen LogP contribution in [0, 0.1) is 0 Å². The topological polar surface area (TPSA) is 110 Å². The number of amides is 2. The number of aliphatic hydroxyl groups is 1. The maximum absolute atomic E-state index is 13.8. The SMILES string of the molecule is CCCCN1C(=O)[C@@H](CC2(O)CCCCC2)NC(=O)C12CCN(Cc1ccc(Cc3ccc(C(=O)O)cc3)cc1)CC2.Cl. The molecule has 2 saturated heterocycles. The molecule has 2 aromatic rings. The van der Waals surface area contributed by atoms with E-state index in [2.05, 4.69) is 41.4 Å². The van der Waals surface area contributed by atoms with E-state index in [0.717, 1.165) is 69.3 Å². The number of benzene rings is 2. The van der Waals surface area contributed by atoms with Crippen LogP contribution in [0.4, 0.5) is 0 Å². The second kappa shape index (κ2) is 14.2. The van der Waals surface area contributed by atoms with Crippen LogP contribution in [-0.2, 0) is 22.6 Å². The standard InChI is InChI=1S/C34H45N3O5.ClH/c1-2-3-19-37-30(38)29(23-33(42)15-5-4-6-16-33)35-32(41)34(37)17-20-36(21-18-34)24-27-9-7-25(8-10-27)22-26-11-13-28(14-12-26)31(39)40;/h7-14,29,42H,2-6,15-24H2,1H3,(H,35,41)(H,39,40);1H/t29-;/m1./s1. The number of hydrogen-bond acceptors (Lipinski definition) is 5. The molecule has 9 heteroatoms. The van der Waals surface area contributed by atoms with E-state index >= 15 is 0 Å². The smallest absolute Gasteiger partial charge is 0.335 e. The third-order valence-electron chi connectivity index (χ3n) is 9.63. The van der Waals surface area contributed by atoms with Crippen LogP contribution in [0.1, 0.15) is 98.2 Å². The summed E-state index contributed by atoms with van der Waals surface area (Å²) in [5.74, 6) is -0.996. The average molecular weight is 612 g/mol. The molecular formula is C34H46ClN3O5. The van der Waals surface area contributed by atoms with Gasteiger partial charge < -0.3 is 20.4 Å². The van der Waals surface area contributed by atoms with E-state index in [1.165, 1.54) is 5.56 Å². The van der Waals surface area contributed by atoms with Crippen molar-refractivity contribution in [1.29, 1.82) is 0 Å². The number of nitrogens with one attached hydrogen (secondary N) is 1. The largest absolute Gasteiger partial charge is 0.478 e. The number of halogens is 1. The summed E-state index contributed by atoms with van der Waals surface area (Å²) in [6.45, 7) is 4.93. The molecule has 0 radical (unpaired) electrons. The van der Waals surface area contributed by atoms with Gasteiger partial charge in [-0.25, -0.2) is 4.79 Å². The highest BCUT2D eigenvalue weighted by atomic mass is 35.5. The van der Waals surface area contributed by atoms with Crippen LogP contribution < -0.4 is 5.32 Å². The van der Waals surface area contributed by atoms with Gasteiger partial charge in [0, 0.05) is 32.6 Å². The summed E-state index contributed by atoms with van der Waals surface area (Å²) in [6.07, 6.45) is 8.52. The monoisotopic (exact) mass is 611 g/mol. The number of hydrogen-bond donors (Lipinski definition) is 3. The molecular weight excluding hydrogens is 566 g/mol. The van der Waals surface area contributed by atoms with E-state index in [4.69, 9.17) is 5.11 Å². The van der Waals surface area contributed by atoms with Crippen molar-refractivity contribution in [2.24, 2.45) is 0 Å². The zero-order valence-electron chi connectivity index (χ0n) is 25.2. The van der Waals surface area contributed by atoms with Gasteiger partial charge in [-0.1, -0.05) is 69.0 Å². The van der Waals surface area contributed by atoms with Gasteiger partial charge in [0.25, 0.3) is 0 Å². The van der Waals surface area contributed by atoms with Crippen molar-refractivity contribution >= 4 is 30.2 Å². The fraction of sp³-hybridized carbons (Fsp3) is 0.559. The van der Waals surface area contributed by atoms with Crippen LogP contribution in [0.5, 0.6) is 0 Å². The molecule has 3 aliphatic rings. The van der Waals surface area contributed by atoms with Gasteiger partial charge in [-0.05, 0) is 67.3 Å². The lowest BCUT2D eigenvalue weighted by atomic mass is 9.77. The first-order valence-electron chi connectivity index (χ1n) is 15.7. The summed E-state index contributed by atoms with van der Waals surface area (Å²) in [5, 5.41) is 23.3. The number of carbonyl (C=O) groups is 3. The number of unbranched alkanes of at least 4 members (excludes halogenated alkanes) is 1. The number of carboxylic acid groups (broad SMARTS) is 1. The lowest BCUT2D eigenvalue weighted by Crippen LogP contribution is -2.73. The molecule has 0 aromatic heterocycles. The summed E-state index contributed by atoms with van der Waals surface area (Å²) in [4.78, 5) is 42.8. The van der Waals surface area contributed by atoms with Crippen molar-refractivity contribution in [3.05, 3.63) is 70.8 Å². The van der Waals surface area contributed by atoms with E-state index in [1.54, 1.807) is 12.1 Å². The highest BCUT2D eigenvalue weighted by Gasteiger charge is 2.54. The molecule has 2 heterocycles. The Morgan fingerprint density at radius 2 is 1.49 bits per heavy atom. The van der Waals surface area contributed by atoms with Crippen molar-refractivity contribution in [2.45, 2.75) is 101 Å². The minimum Gasteiger partial charge on any atom is -0.478 e. The Morgan fingerprint density at radius 1 is 0.907 bits per heavy atom. The highest BCUT2D eigenvalue weighted by Crippen LogP contribution is 2.37. The molecule has 1 spiro atoms. The third kappa shape index (κ3) is 7.59. The number of aromatic carboxylic acids is 1. The number of carboxylic acids is 1. The van der Waals surface area contributed by atoms with Gasteiger partial charge in [0.1, 0.15) is 11.6 Å². The maximum Gasteiger partial charge on any atom is 0.335 e. The predicted octanol–water partition coefficient (Wildman–Crippen LogP) is 4.94. The Kier molecular flexibility index (Phi) is 10.9. The zero-order chi connectivity index (χ0) is 29.7. The van der Waals surface area contributed by atoms with E-state index < -0.39 is 23.2 Å². The van der Waals surface area contributed by atoms with Crippen molar-refractivity contribution < 1.29 is 24.6 Å². The molecule has 3 N–H and O–H groups in total. The van der Waals surface area contributed by atoms with Gasteiger partial charge in [-0.3, -0.25) is 14.5 Å². The lowest BCUT2D eigenvalue weighted by Gasteiger charge is -2.52. The summed E-state index contributed by atoms with van der Waals surface area (Å²) in [7, 11) is 0. The number of piperazine rings is 1. The first-order chi connectivity index (χ1) is 20.2. The maximum atomic E-state index is 13.8. The molecule has 0 unspecified atom stereocenters. The molecule has 1 atom stereocenters. The number of rotatable bonds is 10. The highest BCUT2D eigenvalue weighted by molar-refractivity contribution is 6.00. The van der Waals surface area contributed by atoms with E-state index in [1.807, 2.05) is 17.0 Å². The minimum atomic E-state index is -0.919. The molecule has 3 fully saturated rings. The Balaban J connectivity index is 0.00000423. The van der Waals surface area contributed by atoms with Crippen molar-refractivity contribution in [1.82, 2.24) is 15.1 Å². The molecule has 1 aliphatic carbocycles. The second-order valence-corrected chi connectivity index (χ2v) is 12.7. The molecule has 2 aromatic carbocycles. The Hall–Kier alpha value is -2.94. The Morgan fingerprint density at radius 3 is 2.07 bits per heavy atom. The van der Waals surface area contributed by atoms with Gasteiger partial charge in [-0.15, -0.1) is 12.4 Å². The van der Waals surface area contributed by atoms with Crippen molar-refractivity contribution in [3.8, 4) is 0 Å². The molecule has 43 heavy (non-hydrogen) atoms. The summed E-state index contributed by atoms with van der Waals surface area (Å²) in [6, 6.07) is 14.9. The first kappa shape index (κ1) is 33.0. The number of likely N-dealkylation sites (tertiary alicyclic amines) is 1. The second-order valence-electron chi connectivity index (χ2n) is 12.7. The van der Waals surface area contributed by atoms with Crippen LogP contribution in [0.3, 0.4) is 0 Å². The number of carbonyl (C=O) groups excluding carboxylic acids is 2. The van der Waals surface area contributed by atoms with E-state index in [-0.39, 0.29) is 24.2 Å². The van der Waals surface area contributed by atoms with Crippen molar-refractivity contribution in [2.75, 3.05) is 19.6 Å². The van der Waals surface area contributed by atoms with Crippen LogP contribution in [-0.4, -0.2) is 74.6 Å². The van der Waals surface area contributed by atoms with Crippen LogP contribution in [0.25, 0.3) is 0 Å². The Bertz CT molecular complexity index is 1250. The fourth-order valence-electron chi connectivity index (χ4n) is 7.05. The Labute approximate surface area is 261 Å². The normalized spacial score (nSPS) is 21.7.